The van der Waals surface area contributed by atoms with Crippen LogP contribution in [0.1, 0.15) is 31.3 Å². The third-order valence-corrected chi connectivity index (χ3v) is 6.21. The van der Waals surface area contributed by atoms with Crippen molar-refractivity contribution >= 4 is 21.8 Å². The van der Waals surface area contributed by atoms with Crippen molar-refractivity contribution < 1.29 is 22.4 Å². The van der Waals surface area contributed by atoms with Gasteiger partial charge in [0.1, 0.15) is 5.76 Å². The molecule has 1 fully saturated rings. The Balaban J connectivity index is 2.12. The van der Waals surface area contributed by atoms with Crippen molar-refractivity contribution in [2.75, 3.05) is 23.7 Å². The highest BCUT2D eigenvalue weighted by molar-refractivity contribution is 7.91. The molecule has 2 unspecified atom stereocenters. The number of carbonyl (C=O) groups is 1. The predicted molar refractivity (Wildman–Crippen MR) is 99.5 cm³/mol. The SMILES string of the molecule is CCS(=O)(=O)c1ccc(N2CC(C)OC(C)C2)c(-c2ccc(C=O)o2)c1. The second-order valence-electron chi connectivity index (χ2n) is 6.56. The molecule has 1 aliphatic heterocycles. The third-order valence-electron chi connectivity index (χ3n) is 4.48. The van der Waals surface area contributed by atoms with Crippen LogP contribution < -0.4 is 4.90 Å². The Bertz CT molecular complexity index is 892. The fraction of sp³-hybridized carbons (Fsp3) is 0.421. The zero-order valence-corrected chi connectivity index (χ0v) is 16.0. The van der Waals surface area contributed by atoms with E-state index in [4.69, 9.17) is 9.15 Å². The van der Waals surface area contributed by atoms with Gasteiger partial charge in [0, 0.05) is 24.3 Å². The van der Waals surface area contributed by atoms with Crippen molar-refractivity contribution in [2.45, 2.75) is 37.9 Å². The van der Waals surface area contributed by atoms with Crippen molar-refractivity contribution in [3.8, 4) is 11.3 Å². The van der Waals surface area contributed by atoms with E-state index in [0.29, 0.717) is 30.7 Å². The Labute approximate surface area is 153 Å². The van der Waals surface area contributed by atoms with Gasteiger partial charge in [-0.3, -0.25) is 4.79 Å². The van der Waals surface area contributed by atoms with Crippen LogP contribution in [0.2, 0.25) is 0 Å². The Morgan fingerprint density at radius 3 is 2.42 bits per heavy atom. The van der Waals surface area contributed by atoms with Gasteiger partial charge >= 0.3 is 0 Å². The zero-order valence-electron chi connectivity index (χ0n) is 15.1. The van der Waals surface area contributed by atoms with Crippen LogP contribution in [0, 0.1) is 0 Å². The molecule has 1 aliphatic rings. The summed E-state index contributed by atoms with van der Waals surface area (Å²) in [4.78, 5) is 13.4. The van der Waals surface area contributed by atoms with E-state index >= 15 is 0 Å². The predicted octanol–water partition coefficient (Wildman–Crippen LogP) is 3.17. The number of aldehydes is 1. The highest BCUT2D eigenvalue weighted by Crippen LogP contribution is 2.35. The van der Waals surface area contributed by atoms with Crippen LogP contribution >= 0.6 is 0 Å². The molecule has 0 saturated carbocycles. The minimum absolute atomic E-state index is 0.0230. The molecule has 0 N–H and O–H groups in total. The summed E-state index contributed by atoms with van der Waals surface area (Å²) in [5, 5.41) is 0. The summed E-state index contributed by atoms with van der Waals surface area (Å²) < 4.78 is 36.0. The van der Waals surface area contributed by atoms with Crippen LogP contribution in [0.3, 0.4) is 0 Å². The lowest BCUT2D eigenvalue weighted by molar-refractivity contribution is -0.00519. The number of rotatable bonds is 5. The smallest absolute Gasteiger partial charge is 0.185 e. The number of morpholine rings is 1. The number of ether oxygens (including phenoxy) is 1. The highest BCUT2D eigenvalue weighted by atomic mass is 32.2. The van der Waals surface area contributed by atoms with Gasteiger partial charge in [-0.2, -0.15) is 0 Å². The Kier molecular flexibility index (Phi) is 5.20. The van der Waals surface area contributed by atoms with Gasteiger partial charge < -0.3 is 14.1 Å². The average molecular weight is 377 g/mol. The van der Waals surface area contributed by atoms with Gasteiger partial charge in [-0.1, -0.05) is 6.92 Å². The van der Waals surface area contributed by atoms with E-state index in [2.05, 4.69) is 4.90 Å². The van der Waals surface area contributed by atoms with Gasteiger partial charge in [0.2, 0.25) is 0 Å². The summed E-state index contributed by atoms with van der Waals surface area (Å²) >= 11 is 0. The number of anilines is 1. The van der Waals surface area contributed by atoms with E-state index in [9.17, 15) is 13.2 Å². The Hall–Kier alpha value is -2.12. The van der Waals surface area contributed by atoms with Crippen LogP contribution in [0.4, 0.5) is 5.69 Å². The molecule has 7 heteroatoms. The lowest BCUT2D eigenvalue weighted by Crippen LogP contribution is -2.45. The molecule has 0 amide bonds. The number of carbonyl (C=O) groups excluding carboxylic acids is 1. The summed E-state index contributed by atoms with van der Waals surface area (Å²) in [6.07, 6.45) is 0.759. The average Bonchev–Trinajstić information content (AvgIpc) is 3.09. The fourth-order valence-corrected chi connectivity index (χ4v) is 4.19. The molecule has 0 radical (unpaired) electrons. The molecule has 0 bridgehead atoms. The quantitative estimate of drug-likeness (QED) is 0.745. The van der Waals surface area contributed by atoms with Crippen molar-refractivity contribution in [1.82, 2.24) is 0 Å². The molecule has 3 rings (SSSR count). The second-order valence-corrected chi connectivity index (χ2v) is 8.84. The molecule has 2 heterocycles. The first-order chi connectivity index (χ1) is 12.3. The fourth-order valence-electron chi connectivity index (χ4n) is 3.28. The molecular formula is C19H23NO5S. The minimum atomic E-state index is -3.35. The summed E-state index contributed by atoms with van der Waals surface area (Å²) in [6, 6.07) is 8.35. The van der Waals surface area contributed by atoms with Crippen LogP contribution in [0.5, 0.6) is 0 Å². The first kappa shape index (κ1) is 18.7. The van der Waals surface area contributed by atoms with E-state index in [1.165, 1.54) is 0 Å². The van der Waals surface area contributed by atoms with E-state index in [1.54, 1.807) is 31.2 Å². The van der Waals surface area contributed by atoms with Gasteiger partial charge in [-0.25, -0.2) is 8.42 Å². The maximum Gasteiger partial charge on any atom is 0.185 e. The third kappa shape index (κ3) is 3.68. The molecular weight excluding hydrogens is 354 g/mol. The van der Waals surface area contributed by atoms with Gasteiger partial charge in [0.05, 0.1) is 22.9 Å². The maximum absolute atomic E-state index is 12.3. The van der Waals surface area contributed by atoms with Gasteiger partial charge in [-0.15, -0.1) is 0 Å². The number of furan rings is 1. The van der Waals surface area contributed by atoms with E-state index in [-0.39, 0.29) is 28.6 Å². The minimum Gasteiger partial charge on any atom is -0.453 e. The topological polar surface area (TPSA) is 76.8 Å². The standard InChI is InChI=1S/C19H23NO5S/c1-4-26(22,23)16-6-7-18(20-10-13(2)24-14(3)11-20)17(9-16)19-8-5-15(12-21)25-19/h5-9,12-14H,4,10-11H2,1-3H3. The second kappa shape index (κ2) is 7.25. The monoisotopic (exact) mass is 377 g/mol. The molecule has 1 aromatic carbocycles. The molecule has 140 valence electrons. The molecule has 1 saturated heterocycles. The lowest BCUT2D eigenvalue weighted by Gasteiger charge is -2.37. The van der Waals surface area contributed by atoms with Crippen molar-refractivity contribution in [1.29, 1.82) is 0 Å². The van der Waals surface area contributed by atoms with Crippen molar-refractivity contribution in [3.05, 3.63) is 36.1 Å². The summed E-state index contributed by atoms with van der Waals surface area (Å²) in [5.41, 5.74) is 1.53. The van der Waals surface area contributed by atoms with E-state index in [0.717, 1.165) is 5.69 Å². The van der Waals surface area contributed by atoms with Crippen LogP contribution in [-0.2, 0) is 14.6 Å². The lowest BCUT2D eigenvalue weighted by atomic mass is 10.1. The number of sulfone groups is 1. The summed E-state index contributed by atoms with van der Waals surface area (Å²) in [7, 11) is -3.35. The first-order valence-corrected chi connectivity index (χ1v) is 10.3. The maximum atomic E-state index is 12.3. The largest absolute Gasteiger partial charge is 0.453 e. The molecule has 2 atom stereocenters. The van der Waals surface area contributed by atoms with Crippen LogP contribution in [-0.4, -0.2) is 45.8 Å². The number of nitrogens with zero attached hydrogens (tertiary/aromatic N) is 1. The first-order valence-electron chi connectivity index (χ1n) is 8.66. The molecule has 6 nitrogen and oxygen atoms in total. The van der Waals surface area contributed by atoms with Crippen molar-refractivity contribution in [2.24, 2.45) is 0 Å². The summed E-state index contributed by atoms with van der Waals surface area (Å²) in [5.74, 6) is 0.704. The normalized spacial score (nSPS) is 21.0. The van der Waals surface area contributed by atoms with Gasteiger partial charge in [-0.05, 0) is 44.2 Å². The number of hydrogen-bond acceptors (Lipinski definition) is 6. The Morgan fingerprint density at radius 1 is 1.15 bits per heavy atom. The van der Waals surface area contributed by atoms with Gasteiger partial charge in [0.15, 0.2) is 21.9 Å². The summed E-state index contributed by atoms with van der Waals surface area (Å²) in [6.45, 7) is 7.02. The highest BCUT2D eigenvalue weighted by Gasteiger charge is 2.26. The molecule has 26 heavy (non-hydrogen) atoms. The number of benzene rings is 1. The zero-order chi connectivity index (χ0) is 18.9. The molecule has 0 aliphatic carbocycles. The van der Waals surface area contributed by atoms with Crippen molar-refractivity contribution in [3.63, 3.8) is 0 Å². The molecule has 0 spiro atoms. The van der Waals surface area contributed by atoms with Gasteiger partial charge in [0.25, 0.3) is 0 Å². The van der Waals surface area contributed by atoms with Crippen LogP contribution in [0.15, 0.2) is 39.6 Å². The van der Waals surface area contributed by atoms with E-state index in [1.807, 2.05) is 19.9 Å². The molecule has 2 aromatic rings. The van der Waals surface area contributed by atoms with Crippen LogP contribution in [0.25, 0.3) is 11.3 Å². The van der Waals surface area contributed by atoms with E-state index < -0.39 is 9.84 Å². The Morgan fingerprint density at radius 2 is 1.85 bits per heavy atom. The number of hydrogen-bond donors (Lipinski definition) is 0. The molecule has 1 aromatic heterocycles.